The third kappa shape index (κ3) is 5.48. The van der Waals surface area contributed by atoms with Crippen molar-refractivity contribution in [2.24, 2.45) is 0 Å². The third-order valence-corrected chi connectivity index (χ3v) is 14.7. The first-order valence-electron chi connectivity index (χ1n) is 23.1. The number of fused-ring (bicyclic) bond motifs is 12. The van der Waals surface area contributed by atoms with Crippen LogP contribution in [0.3, 0.4) is 0 Å². The molecule has 0 amide bonds. The maximum atomic E-state index is 2.54. The van der Waals surface area contributed by atoms with Gasteiger partial charge >= 0.3 is 0 Å². The van der Waals surface area contributed by atoms with Crippen molar-refractivity contribution < 1.29 is 0 Å². The highest BCUT2D eigenvalue weighted by atomic mass is 15.2. The molecule has 2 nitrogen and oxygen atoms in total. The smallest absolute Gasteiger partial charge is 0.0755 e. The first-order valence-corrected chi connectivity index (χ1v) is 23.1. The van der Waals surface area contributed by atoms with E-state index in [0.717, 1.165) is 22.7 Å². The van der Waals surface area contributed by atoms with Crippen LogP contribution in [0.25, 0.3) is 44.5 Å². The van der Waals surface area contributed by atoms with Crippen LogP contribution < -0.4 is 9.80 Å². The van der Waals surface area contributed by atoms with Gasteiger partial charge in [0.15, 0.2) is 0 Å². The predicted octanol–water partition coefficient (Wildman–Crippen LogP) is 16.9. The summed E-state index contributed by atoms with van der Waals surface area (Å²) >= 11 is 0. The summed E-state index contributed by atoms with van der Waals surface area (Å²) in [6.45, 7) is 4.76. The van der Waals surface area contributed by atoms with Gasteiger partial charge in [-0.15, -0.1) is 0 Å². The van der Waals surface area contributed by atoms with E-state index in [0.29, 0.717) is 0 Å². The molecule has 0 bridgehead atoms. The minimum absolute atomic E-state index is 0.175. The van der Waals surface area contributed by atoms with Gasteiger partial charge in [-0.05, 0) is 127 Å². The summed E-state index contributed by atoms with van der Waals surface area (Å²) in [6, 6.07) is 90.2. The van der Waals surface area contributed by atoms with Crippen molar-refractivity contribution in [3.05, 3.63) is 276 Å². The van der Waals surface area contributed by atoms with Crippen LogP contribution in [0.1, 0.15) is 47.2 Å². The van der Waals surface area contributed by atoms with Gasteiger partial charge in [0.25, 0.3) is 0 Å². The number of nitrogens with zero attached hydrogens (tertiary/aromatic N) is 2. The van der Waals surface area contributed by atoms with Gasteiger partial charge in [0, 0.05) is 28.0 Å². The molecule has 1 spiro atoms. The average molecular weight is 843 g/mol. The minimum Gasteiger partial charge on any atom is -0.310 e. The number of para-hydroxylation sites is 3. The van der Waals surface area contributed by atoms with Gasteiger partial charge in [-0.2, -0.15) is 0 Å². The van der Waals surface area contributed by atoms with E-state index in [-0.39, 0.29) is 5.41 Å². The lowest BCUT2D eigenvalue weighted by Crippen LogP contribution is -2.36. The summed E-state index contributed by atoms with van der Waals surface area (Å²) in [6.07, 6.45) is 0. The normalized spacial score (nSPS) is 14.1. The number of hydrogen-bond acceptors (Lipinski definition) is 2. The second-order valence-corrected chi connectivity index (χ2v) is 18.4. The fraction of sp³-hybridized carbons (Fsp3) is 0.0625. The van der Waals surface area contributed by atoms with Crippen molar-refractivity contribution in [1.82, 2.24) is 0 Å². The summed E-state index contributed by atoms with van der Waals surface area (Å²) in [5, 5.41) is 0. The first-order chi connectivity index (χ1) is 32.5. The van der Waals surface area contributed by atoms with Crippen LogP contribution in [-0.4, -0.2) is 0 Å². The molecule has 0 saturated carbocycles. The summed E-state index contributed by atoms with van der Waals surface area (Å²) in [5.74, 6) is 0. The molecule has 0 radical (unpaired) electrons. The lowest BCUT2D eigenvalue weighted by atomic mass is 9.64. The number of rotatable bonds is 6. The Morgan fingerprint density at radius 3 is 1.41 bits per heavy atom. The molecule has 2 aliphatic carbocycles. The highest BCUT2D eigenvalue weighted by Gasteiger charge is 2.52. The van der Waals surface area contributed by atoms with Gasteiger partial charge in [-0.3, -0.25) is 0 Å². The largest absolute Gasteiger partial charge is 0.310 e. The van der Waals surface area contributed by atoms with Crippen LogP contribution in [0.15, 0.2) is 243 Å². The highest BCUT2D eigenvalue weighted by molar-refractivity contribution is 5.98. The van der Waals surface area contributed by atoms with Crippen molar-refractivity contribution in [3.8, 4) is 44.5 Å². The molecular formula is C64H46N2. The van der Waals surface area contributed by atoms with E-state index in [1.54, 1.807) is 0 Å². The SMILES string of the molecule is CC1(C)c2ccccc2-c2ccc(N(c3ccc4c(c3)C3(c5ccccc5-4)c4ccccc4N(c4ccccc4)c4ccccc43)c3cc(-c4ccccc4)ccc3-c3ccccc3)cc21. The Bertz CT molecular complexity index is 3470. The zero-order chi connectivity index (χ0) is 44.0. The van der Waals surface area contributed by atoms with Gasteiger partial charge in [-0.1, -0.05) is 202 Å². The first kappa shape index (κ1) is 38.3. The van der Waals surface area contributed by atoms with E-state index < -0.39 is 5.41 Å². The van der Waals surface area contributed by atoms with Gasteiger partial charge < -0.3 is 9.80 Å². The molecule has 66 heavy (non-hydrogen) atoms. The second-order valence-electron chi connectivity index (χ2n) is 18.4. The zero-order valence-corrected chi connectivity index (χ0v) is 37.0. The van der Waals surface area contributed by atoms with E-state index >= 15 is 0 Å². The Kier molecular flexibility index (Phi) is 8.51. The molecule has 13 rings (SSSR count). The lowest BCUT2D eigenvalue weighted by molar-refractivity contribution is 0.660. The monoisotopic (exact) mass is 842 g/mol. The van der Waals surface area contributed by atoms with E-state index in [4.69, 9.17) is 0 Å². The predicted molar refractivity (Wildman–Crippen MR) is 275 cm³/mol. The maximum Gasteiger partial charge on any atom is 0.0755 e. The Morgan fingerprint density at radius 1 is 0.318 bits per heavy atom. The summed E-state index contributed by atoms with van der Waals surface area (Å²) in [5.41, 5.74) is 23.8. The fourth-order valence-corrected chi connectivity index (χ4v) is 11.7. The van der Waals surface area contributed by atoms with Gasteiger partial charge in [0.2, 0.25) is 0 Å². The molecule has 0 saturated heterocycles. The number of anilines is 6. The molecule has 10 aromatic carbocycles. The van der Waals surface area contributed by atoms with Crippen LogP contribution in [0.2, 0.25) is 0 Å². The highest BCUT2D eigenvalue weighted by Crippen LogP contribution is 2.64. The fourth-order valence-electron chi connectivity index (χ4n) is 11.7. The molecule has 0 atom stereocenters. The van der Waals surface area contributed by atoms with Crippen molar-refractivity contribution in [1.29, 1.82) is 0 Å². The third-order valence-electron chi connectivity index (χ3n) is 14.7. The van der Waals surface area contributed by atoms with Crippen molar-refractivity contribution in [2.75, 3.05) is 9.80 Å². The Morgan fingerprint density at radius 2 is 0.773 bits per heavy atom. The van der Waals surface area contributed by atoms with E-state index in [1.807, 2.05) is 0 Å². The van der Waals surface area contributed by atoms with Crippen LogP contribution >= 0.6 is 0 Å². The Balaban J connectivity index is 1.11. The molecule has 1 heterocycles. The van der Waals surface area contributed by atoms with Crippen LogP contribution in [0.4, 0.5) is 34.1 Å². The van der Waals surface area contributed by atoms with Crippen molar-refractivity contribution in [2.45, 2.75) is 24.7 Å². The molecule has 312 valence electrons. The molecule has 0 fully saturated rings. The Hall–Kier alpha value is -8.20. The zero-order valence-electron chi connectivity index (χ0n) is 37.0. The molecule has 1 aliphatic heterocycles. The van der Waals surface area contributed by atoms with Gasteiger partial charge in [0.05, 0.1) is 22.5 Å². The summed E-state index contributed by atoms with van der Waals surface area (Å²) < 4.78 is 0. The topological polar surface area (TPSA) is 6.48 Å². The number of benzene rings is 10. The molecule has 2 heteroatoms. The Labute approximate surface area is 387 Å². The number of hydrogen-bond donors (Lipinski definition) is 0. The minimum atomic E-state index is -0.595. The maximum absolute atomic E-state index is 2.54. The van der Waals surface area contributed by atoms with Crippen LogP contribution in [0, 0.1) is 0 Å². The van der Waals surface area contributed by atoms with Gasteiger partial charge in [-0.25, -0.2) is 0 Å². The van der Waals surface area contributed by atoms with E-state index in [9.17, 15) is 0 Å². The standard InChI is InChI=1S/C64H46N2/c1-63(2)54-28-14-12-26-50(54)52-38-35-47(41-58(52)63)65(62-40-45(43-20-6-3-7-21-43)34-37-49(62)44-22-8-4-9-23-44)48-36-39-53-51-27-13-15-29-55(51)64(59(53)42-48)56-30-16-18-32-60(56)66(46-24-10-5-11-25-46)61-33-19-17-31-57(61)64/h3-42H,1-2H3. The molecule has 0 unspecified atom stereocenters. The van der Waals surface area contributed by atoms with E-state index in [2.05, 4.69) is 266 Å². The quantitative estimate of drug-likeness (QED) is 0.165. The summed E-state index contributed by atoms with van der Waals surface area (Å²) in [4.78, 5) is 5.00. The average Bonchev–Trinajstić information content (AvgIpc) is 3.79. The summed E-state index contributed by atoms with van der Waals surface area (Å²) in [7, 11) is 0. The van der Waals surface area contributed by atoms with E-state index in [1.165, 1.54) is 89.3 Å². The lowest BCUT2D eigenvalue weighted by Gasteiger charge is -2.45. The van der Waals surface area contributed by atoms with Crippen LogP contribution in [0.5, 0.6) is 0 Å². The second kappa shape index (κ2) is 14.7. The van der Waals surface area contributed by atoms with Crippen molar-refractivity contribution in [3.63, 3.8) is 0 Å². The molecular weight excluding hydrogens is 797 g/mol. The van der Waals surface area contributed by atoms with Crippen LogP contribution in [-0.2, 0) is 10.8 Å². The van der Waals surface area contributed by atoms with Gasteiger partial charge in [0.1, 0.15) is 0 Å². The molecule has 0 aromatic heterocycles. The molecule has 10 aromatic rings. The van der Waals surface area contributed by atoms with Crippen molar-refractivity contribution >= 4 is 34.1 Å². The molecule has 0 N–H and O–H groups in total. The molecule has 3 aliphatic rings.